The third kappa shape index (κ3) is 3.59. The number of benzene rings is 1. The van der Waals surface area contributed by atoms with Crippen LogP contribution >= 0.6 is 11.3 Å². The van der Waals surface area contributed by atoms with Gasteiger partial charge in [0.05, 0.1) is 11.2 Å². The molecule has 0 amide bonds. The minimum Gasteiger partial charge on any atom is -0.326 e. The zero-order valence-electron chi connectivity index (χ0n) is 11.2. The van der Waals surface area contributed by atoms with E-state index in [4.69, 9.17) is 5.73 Å². The van der Waals surface area contributed by atoms with Crippen LogP contribution in [0.1, 0.15) is 21.7 Å². The molecule has 0 spiro atoms. The molecule has 0 saturated carbocycles. The molecule has 102 valence electrons. The van der Waals surface area contributed by atoms with Crippen LogP contribution in [0.4, 0.5) is 4.39 Å². The maximum atomic E-state index is 13.2. The summed E-state index contributed by atoms with van der Waals surface area (Å²) in [6, 6.07) is 4.81. The minimum absolute atomic E-state index is 0.231. The molecule has 0 atom stereocenters. The van der Waals surface area contributed by atoms with Gasteiger partial charge in [-0.2, -0.15) is 0 Å². The molecule has 0 unspecified atom stereocenters. The normalized spacial score (nSPS) is 11.2. The molecule has 0 aliphatic rings. The zero-order chi connectivity index (χ0) is 13.8. The van der Waals surface area contributed by atoms with Gasteiger partial charge in [-0.15, -0.1) is 11.3 Å². The largest absolute Gasteiger partial charge is 0.326 e. The first-order chi connectivity index (χ1) is 9.10. The van der Waals surface area contributed by atoms with Crippen LogP contribution in [-0.2, 0) is 19.6 Å². The monoisotopic (exact) mass is 279 g/mol. The number of nitrogens with zero attached hydrogens (tertiary/aromatic N) is 2. The first-order valence-electron chi connectivity index (χ1n) is 6.15. The van der Waals surface area contributed by atoms with Crippen molar-refractivity contribution in [2.24, 2.45) is 5.73 Å². The number of aryl methyl sites for hydroxylation is 1. The highest BCUT2D eigenvalue weighted by Gasteiger charge is 2.09. The van der Waals surface area contributed by atoms with Gasteiger partial charge in [0.2, 0.25) is 0 Å². The van der Waals surface area contributed by atoms with Gasteiger partial charge in [0.1, 0.15) is 5.82 Å². The Hall–Kier alpha value is -1.30. The van der Waals surface area contributed by atoms with E-state index in [-0.39, 0.29) is 5.82 Å². The molecule has 0 saturated heterocycles. The fourth-order valence-electron chi connectivity index (χ4n) is 2.01. The summed E-state index contributed by atoms with van der Waals surface area (Å²) in [7, 11) is 2.04. The van der Waals surface area contributed by atoms with E-state index in [1.54, 1.807) is 11.3 Å². The first kappa shape index (κ1) is 14.1. The molecule has 2 aromatic rings. The molecule has 19 heavy (non-hydrogen) atoms. The summed E-state index contributed by atoms with van der Waals surface area (Å²) < 4.78 is 13.2. The predicted molar refractivity (Wildman–Crippen MR) is 76.3 cm³/mol. The van der Waals surface area contributed by atoms with Crippen LogP contribution in [0.25, 0.3) is 0 Å². The topological polar surface area (TPSA) is 42.2 Å². The molecular formula is C14H18FN3S. The van der Waals surface area contributed by atoms with Gasteiger partial charge in [-0.1, -0.05) is 6.07 Å². The standard InChI is InChI=1S/C14H18FN3S/c1-10-14(19-9-17-10)8-18(2)7-11-3-4-13(15)5-12(11)6-16/h3-5,9H,6-8,16H2,1-2H3. The molecule has 1 aromatic heterocycles. The number of halogens is 1. The molecule has 3 nitrogen and oxygen atoms in total. The Morgan fingerprint density at radius 3 is 2.74 bits per heavy atom. The second-order valence-corrected chi connectivity index (χ2v) is 5.59. The molecule has 0 fully saturated rings. The second-order valence-electron chi connectivity index (χ2n) is 4.65. The summed E-state index contributed by atoms with van der Waals surface area (Å²) in [5, 5.41) is 0. The second kappa shape index (κ2) is 6.23. The van der Waals surface area contributed by atoms with E-state index in [9.17, 15) is 4.39 Å². The lowest BCUT2D eigenvalue weighted by atomic mass is 10.1. The van der Waals surface area contributed by atoms with Gasteiger partial charge in [0.25, 0.3) is 0 Å². The maximum Gasteiger partial charge on any atom is 0.123 e. The lowest BCUT2D eigenvalue weighted by Crippen LogP contribution is -2.18. The molecule has 2 rings (SSSR count). The number of rotatable bonds is 5. The Morgan fingerprint density at radius 1 is 1.32 bits per heavy atom. The Morgan fingerprint density at radius 2 is 2.11 bits per heavy atom. The van der Waals surface area contributed by atoms with Crippen molar-refractivity contribution >= 4 is 11.3 Å². The van der Waals surface area contributed by atoms with Crippen LogP contribution in [0, 0.1) is 12.7 Å². The van der Waals surface area contributed by atoms with Crippen molar-refractivity contribution in [3.63, 3.8) is 0 Å². The Labute approximate surface area is 116 Å². The van der Waals surface area contributed by atoms with Crippen LogP contribution < -0.4 is 5.73 Å². The minimum atomic E-state index is -0.231. The van der Waals surface area contributed by atoms with Gasteiger partial charge in [0, 0.05) is 24.5 Å². The van der Waals surface area contributed by atoms with Crippen LogP contribution in [0.5, 0.6) is 0 Å². The average molecular weight is 279 g/mol. The number of hydrogen-bond donors (Lipinski definition) is 1. The van der Waals surface area contributed by atoms with Crippen LogP contribution in [0.3, 0.4) is 0 Å². The van der Waals surface area contributed by atoms with Crippen molar-refractivity contribution in [2.45, 2.75) is 26.6 Å². The van der Waals surface area contributed by atoms with Crippen molar-refractivity contribution in [3.05, 3.63) is 51.2 Å². The van der Waals surface area contributed by atoms with E-state index in [0.717, 1.165) is 29.9 Å². The number of hydrogen-bond acceptors (Lipinski definition) is 4. The van der Waals surface area contributed by atoms with Crippen molar-refractivity contribution in [2.75, 3.05) is 7.05 Å². The van der Waals surface area contributed by atoms with E-state index >= 15 is 0 Å². The zero-order valence-corrected chi connectivity index (χ0v) is 12.0. The summed E-state index contributed by atoms with van der Waals surface area (Å²) in [4.78, 5) is 7.69. The van der Waals surface area contributed by atoms with Crippen LogP contribution in [0.2, 0.25) is 0 Å². The Bertz CT molecular complexity index is 553. The number of nitrogens with two attached hydrogens (primary N) is 1. The van der Waals surface area contributed by atoms with E-state index < -0.39 is 0 Å². The Balaban J connectivity index is 2.06. The maximum absolute atomic E-state index is 13.2. The van der Waals surface area contributed by atoms with Crippen molar-refractivity contribution < 1.29 is 4.39 Å². The van der Waals surface area contributed by atoms with Crippen LogP contribution in [-0.4, -0.2) is 16.9 Å². The van der Waals surface area contributed by atoms with E-state index in [1.807, 2.05) is 25.5 Å². The van der Waals surface area contributed by atoms with Gasteiger partial charge < -0.3 is 5.73 Å². The van der Waals surface area contributed by atoms with E-state index in [2.05, 4.69) is 9.88 Å². The van der Waals surface area contributed by atoms with Gasteiger partial charge >= 0.3 is 0 Å². The molecule has 5 heteroatoms. The molecule has 0 bridgehead atoms. The highest BCUT2D eigenvalue weighted by Crippen LogP contribution is 2.17. The molecule has 0 aliphatic heterocycles. The smallest absolute Gasteiger partial charge is 0.123 e. The summed E-state index contributed by atoms with van der Waals surface area (Å²) >= 11 is 1.66. The summed E-state index contributed by atoms with van der Waals surface area (Å²) in [5.41, 5.74) is 10.5. The van der Waals surface area contributed by atoms with E-state index in [0.29, 0.717) is 6.54 Å². The van der Waals surface area contributed by atoms with Crippen molar-refractivity contribution in [1.29, 1.82) is 0 Å². The molecule has 0 radical (unpaired) electrons. The van der Waals surface area contributed by atoms with Gasteiger partial charge in [0.15, 0.2) is 0 Å². The third-order valence-corrected chi connectivity index (χ3v) is 4.01. The van der Waals surface area contributed by atoms with Crippen molar-refractivity contribution in [1.82, 2.24) is 9.88 Å². The highest BCUT2D eigenvalue weighted by atomic mass is 32.1. The fourth-order valence-corrected chi connectivity index (χ4v) is 2.86. The molecule has 1 aromatic carbocycles. The van der Waals surface area contributed by atoms with Gasteiger partial charge in [-0.3, -0.25) is 4.90 Å². The molecule has 2 N–H and O–H groups in total. The van der Waals surface area contributed by atoms with E-state index in [1.165, 1.54) is 17.0 Å². The predicted octanol–water partition coefficient (Wildman–Crippen LogP) is 2.68. The van der Waals surface area contributed by atoms with Crippen LogP contribution in [0.15, 0.2) is 23.7 Å². The third-order valence-electron chi connectivity index (χ3n) is 3.09. The first-order valence-corrected chi connectivity index (χ1v) is 7.03. The molecular weight excluding hydrogens is 261 g/mol. The lowest BCUT2D eigenvalue weighted by Gasteiger charge is -2.18. The fraction of sp³-hybridized carbons (Fsp3) is 0.357. The van der Waals surface area contributed by atoms with Gasteiger partial charge in [-0.05, 0) is 37.2 Å². The van der Waals surface area contributed by atoms with Gasteiger partial charge in [-0.25, -0.2) is 9.37 Å². The lowest BCUT2D eigenvalue weighted by molar-refractivity contribution is 0.320. The summed E-state index contributed by atoms with van der Waals surface area (Å²) in [6.07, 6.45) is 0. The quantitative estimate of drug-likeness (QED) is 0.915. The number of aromatic nitrogens is 1. The SMILES string of the molecule is Cc1ncsc1CN(C)Cc1ccc(F)cc1CN. The average Bonchev–Trinajstić information content (AvgIpc) is 2.77. The number of thiazole rings is 1. The van der Waals surface area contributed by atoms with Crippen molar-refractivity contribution in [3.8, 4) is 0 Å². The highest BCUT2D eigenvalue weighted by molar-refractivity contribution is 7.09. The molecule has 1 heterocycles. The summed E-state index contributed by atoms with van der Waals surface area (Å²) in [6.45, 7) is 3.98. The Kier molecular flexibility index (Phi) is 4.63. The summed E-state index contributed by atoms with van der Waals surface area (Å²) in [5.74, 6) is -0.231. The molecule has 0 aliphatic carbocycles.